The van der Waals surface area contributed by atoms with Crippen LogP contribution in [0.5, 0.6) is 17.2 Å². The summed E-state index contributed by atoms with van der Waals surface area (Å²) < 4.78 is 22.4. The van der Waals surface area contributed by atoms with E-state index in [9.17, 15) is 9.59 Å². The van der Waals surface area contributed by atoms with Gasteiger partial charge in [-0.2, -0.15) is 0 Å². The molecular formula is C26H23NO6. The van der Waals surface area contributed by atoms with Crippen LogP contribution in [0.25, 0.3) is 22.1 Å². The van der Waals surface area contributed by atoms with Crippen LogP contribution in [0.2, 0.25) is 0 Å². The van der Waals surface area contributed by atoms with Crippen molar-refractivity contribution in [1.82, 2.24) is 0 Å². The van der Waals surface area contributed by atoms with E-state index in [-0.39, 0.29) is 16.9 Å². The fourth-order valence-electron chi connectivity index (χ4n) is 3.70. The zero-order chi connectivity index (χ0) is 23.5. The summed E-state index contributed by atoms with van der Waals surface area (Å²) in [5.74, 6) is 0.761. The Bertz CT molecular complexity index is 1370. The monoisotopic (exact) mass is 445 g/mol. The third-order valence-corrected chi connectivity index (χ3v) is 5.33. The number of methoxy groups -OCH3 is 3. The lowest BCUT2D eigenvalue weighted by Gasteiger charge is -2.16. The molecule has 1 amide bonds. The molecule has 168 valence electrons. The fraction of sp³-hybridized carbons (Fsp3) is 0.154. The van der Waals surface area contributed by atoms with Gasteiger partial charge in [0.1, 0.15) is 5.58 Å². The highest BCUT2D eigenvalue weighted by Crippen LogP contribution is 2.42. The van der Waals surface area contributed by atoms with Gasteiger partial charge in [0.05, 0.1) is 32.3 Å². The Morgan fingerprint density at radius 2 is 1.55 bits per heavy atom. The Morgan fingerprint density at radius 3 is 2.15 bits per heavy atom. The van der Waals surface area contributed by atoms with Crippen molar-refractivity contribution in [1.29, 1.82) is 0 Å². The molecule has 4 aromatic rings. The number of anilines is 1. The van der Waals surface area contributed by atoms with Crippen LogP contribution in [0.1, 0.15) is 15.9 Å². The number of amides is 1. The maximum absolute atomic E-state index is 13.6. The fourth-order valence-corrected chi connectivity index (χ4v) is 3.70. The van der Waals surface area contributed by atoms with Gasteiger partial charge in [-0.05, 0) is 48.4 Å². The van der Waals surface area contributed by atoms with E-state index in [1.807, 2.05) is 19.1 Å². The molecule has 0 aliphatic carbocycles. The molecule has 0 spiro atoms. The Kier molecular flexibility index (Phi) is 6.04. The van der Waals surface area contributed by atoms with Crippen LogP contribution < -0.4 is 25.0 Å². The van der Waals surface area contributed by atoms with Crippen molar-refractivity contribution in [2.45, 2.75) is 6.92 Å². The predicted molar refractivity (Wildman–Crippen MR) is 127 cm³/mol. The minimum absolute atomic E-state index is 0.0323. The van der Waals surface area contributed by atoms with Crippen molar-refractivity contribution in [2.75, 3.05) is 26.6 Å². The lowest BCUT2D eigenvalue weighted by molar-refractivity contribution is 0.102. The lowest BCUT2D eigenvalue weighted by atomic mass is 10.0. The van der Waals surface area contributed by atoms with Gasteiger partial charge in [-0.25, -0.2) is 0 Å². The molecule has 0 unspecified atom stereocenters. The summed E-state index contributed by atoms with van der Waals surface area (Å²) in [7, 11) is 4.48. The summed E-state index contributed by atoms with van der Waals surface area (Å²) in [4.78, 5) is 26.6. The average Bonchev–Trinajstić information content (AvgIpc) is 2.84. The minimum atomic E-state index is -0.402. The zero-order valence-electron chi connectivity index (χ0n) is 18.7. The molecule has 0 aliphatic rings. The van der Waals surface area contributed by atoms with E-state index in [4.69, 9.17) is 18.6 Å². The number of ether oxygens (including phenoxy) is 3. The quantitative estimate of drug-likeness (QED) is 0.447. The van der Waals surface area contributed by atoms with Crippen LogP contribution in [0.4, 0.5) is 5.88 Å². The van der Waals surface area contributed by atoms with Crippen molar-refractivity contribution in [3.63, 3.8) is 0 Å². The third-order valence-electron chi connectivity index (χ3n) is 5.33. The highest BCUT2D eigenvalue weighted by atomic mass is 16.5. The minimum Gasteiger partial charge on any atom is -0.493 e. The van der Waals surface area contributed by atoms with E-state index in [0.29, 0.717) is 39.3 Å². The van der Waals surface area contributed by atoms with Gasteiger partial charge in [0.15, 0.2) is 11.5 Å². The number of hydrogen-bond acceptors (Lipinski definition) is 6. The second-order valence-corrected chi connectivity index (χ2v) is 7.32. The summed E-state index contributed by atoms with van der Waals surface area (Å²) in [6.07, 6.45) is 0. The molecule has 0 saturated carbocycles. The number of aryl methyl sites for hydroxylation is 1. The van der Waals surface area contributed by atoms with E-state index >= 15 is 0 Å². The second-order valence-electron chi connectivity index (χ2n) is 7.32. The van der Waals surface area contributed by atoms with Crippen molar-refractivity contribution in [2.24, 2.45) is 0 Å². The SMILES string of the molecule is COc1cc(-c2c(NC(=O)c3ccccc3)oc3c(C)cccc3c2=O)cc(OC)c1OC. The normalized spacial score (nSPS) is 10.7. The van der Waals surface area contributed by atoms with Gasteiger partial charge < -0.3 is 18.6 Å². The van der Waals surface area contributed by atoms with Gasteiger partial charge >= 0.3 is 0 Å². The molecule has 1 aromatic heterocycles. The molecule has 0 bridgehead atoms. The summed E-state index contributed by atoms with van der Waals surface area (Å²) in [6.45, 7) is 1.84. The van der Waals surface area contributed by atoms with Crippen LogP contribution in [0.15, 0.2) is 69.9 Å². The topological polar surface area (TPSA) is 87.0 Å². The van der Waals surface area contributed by atoms with Crippen molar-refractivity contribution in [3.05, 3.63) is 82.0 Å². The van der Waals surface area contributed by atoms with Crippen LogP contribution in [-0.2, 0) is 0 Å². The number of benzene rings is 3. The van der Waals surface area contributed by atoms with Crippen molar-refractivity contribution < 1.29 is 23.4 Å². The average molecular weight is 445 g/mol. The lowest BCUT2D eigenvalue weighted by Crippen LogP contribution is -2.16. The number of nitrogens with one attached hydrogen (secondary N) is 1. The van der Waals surface area contributed by atoms with Gasteiger partial charge in [-0.3, -0.25) is 14.9 Å². The molecule has 1 N–H and O–H groups in total. The van der Waals surface area contributed by atoms with Crippen LogP contribution in [0, 0.1) is 6.92 Å². The first kappa shape index (κ1) is 22.0. The molecule has 33 heavy (non-hydrogen) atoms. The Labute approximate surface area is 190 Å². The van der Waals surface area contributed by atoms with Crippen molar-refractivity contribution in [3.8, 4) is 28.4 Å². The Balaban J connectivity index is 1.99. The zero-order valence-corrected chi connectivity index (χ0v) is 18.7. The molecule has 0 radical (unpaired) electrons. The highest BCUT2D eigenvalue weighted by molar-refractivity contribution is 6.06. The first-order chi connectivity index (χ1) is 16.0. The molecule has 0 atom stereocenters. The van der Waals surface area contributed by atoms with E-state index in [1.54, 1.807) is 48.5 Å². The van der Waals surface area contributed by atoms with Gasteiger partial charge in [0.2, 0.25) is 17.1 Å². The number of hydrogen-bond donors (Lipinski definition) is 1. The van der Waals surface area contributed by atoms with Crippen LogP contribution in [-0.4, -0.2) is 27.2 Å². The third kappa shape index (κ3) is 4.01. The van der Waals surface area contributed by atoms with E-state index in [1.165, 1.54) is 21.3 Å². The van der Waals surface area contributed by atoms with E-state index in [0.717, 1.165) is 5.56 Å². The summed E-state index contributed by atoms with van der Waals surface area (Å²) >= 11 is 0. The molecular weight excluding hydrogens is 422 g/mol. The van der Waals surface area contributed by atoms with Gasteiger partial charge in [0, 0.05) is 5.56 Å². The largest absolute Gasteiger partial charge is 0.493 e. The number of rotatable bonds is 6. The smallest absolute Gasteiger partial charge is 0.257 e. The number of carbonyl (C=O) groups excluding carboxylic acids is 1. The van der Waals surface area contributed by atoms with Crippen LogP contribution >= 0.6 is 0 Å². The van der Waals surface area contributed by atoms with Crippen molar-refractivity contribution >= 4 is 22.8 Å². The predicted octanol–water partition coefficient (Wildman–Crippen LogP) is 5.05. The summed E-state index contributed by atoms with van der Waals surface area (Å²) in [6, 6.07) is 17.3. The van der Waals surface area contributed by atoms with Gasteiger partial charge in [-0.15, -0.1) is 0 Å². The Hall–Kier alpha value is -4.26. The molecule has 4 rings (SSSR count). The van der Waals surface area contributed by atoms with E-state index < -0.39 is 5.91 Å². The molecule has 1 heterocycles. The standard InChI is InChI=1S/C26H23NO6/c1-15-9-8-12-18-22(28)21(17-13-19(30-2)24(32-4)20(14-17)31-3)26(33-23(15)18)27-25(29)16-10-6-5-7-11-16/h5-14H,1-4H3,(H,27,29). The number of fused-ring (bicyclic) bond motifs is 1. The molecule has 7 nitrogen and oxygen atoms in total. The summed E-state index contributed by atoms with van der Waals surface area (Å²) in [5, 5.41) is 3.17. The summed E-state index contributed by atoms with van der Waals surface area (Å²) in [5.41, 5.74) is 1.94. The molecule has 3 aromatic carbocycles. The number of carbonyl (C=O) groups is 1. The molecule has 0 aliphatic heterocycles. The molecule has 0 fully saturated rings. The molecule has 7 heteroatoms. The molecule has 0 saturated heterocycles. The van der Waals surface area contributed by atoms with Gasteiger partial charge in [0.25, 0.3) is 5.91 Å². The first-order valence-electron chi connectivity index (χ1n) is 10.2. The maximum atomic E-state index is 13.6. The van der Waals surface area contributed by atoms with Crippen LogP contribution in [0.3, 0.4) is 0 Å². The first-order valence-corrected chi connectivity index (χ1v) is 10.2. The second kappa shape index (κ2) is 9.08. The van der Waals surface area contributed by atoms with Gasteiger partial charge in [-0.1, -0.05) is 30.3 Å². The number of para-hydroxylation sites is 1. The van der Waals surface area contributed by atoms with E-state index in [2.05, 4.69) is 5.32 Å². The Morgan fingerprint density at radius 1 is 0.879 bits per heavy atom. The highest BCUT2D eigenvalue weighted by Gasteiger charge is 2.23. The maximum Gasteiger partial charge on any atom is 0.257 e.